The Hall–Kier alpha value is -2.34. The van der Waals surface area contributed by atoms with Gasteiger partial charge in [-0.15, -0.1) is 0 Å². The van der Waals surface area contributed by atoms with Gasteiger partial charge in [0.25, 0.3) is 0 Å². The molecule has 2 aromatic rings. The number of aromatic nitrogens is 2. The number of hydrogen-bond acceptors (Lipinski definition) is 4. The van der Waals surface area contributed by atoms with Gasteiger partial charge in [0, 0.05) is 68.9 Å². The maximum atomic E-state index is 13.1. The van der Waals surface area contributed by atoms with Crippen LogP contribution in [0.2, 0.25) is 0 Å². The van der Waals surface area contributed by atoms with Crippen LogP contribution in [0.4, 0.5) is 4.39 Å². The van der Waals surface area contributed by atoms with E-state index in [-0.39, 0.29) is 17.6 Å². The predicted octanol–water partition coefficient (Wildman–Crippen LogP) is 3.33. The molecule has 2 aliphatic heterocycles. The Morgan fingerprint density at radius 2 is 2.07 bits per heavy atom. The molecule has 4 rings (SSSR count). The highest BCUT2D eigenvalue weighted by Crippen LogP contribution is 2.27. The number of likely N-dealkylation sites (tertiary alicyclic amines) is 1. The predicted molar refractivity (Wildman–Crippen MR) is 110 cm³/mol. The number of hydrogen-bond donors (Lipinski definition) is 0. The van der Waals surface area contributed by atoms with Crippen molar-refractivity contribution in [2.45, 2.75) is 58.0 Å². The van der Waals surface area contributed by atoms with Gasteiger partial charge in [0.1, 0.15) is 11.6 Å². The third-order valence-electron chi connectivity index (χ3n) is 6.28. The minimum Gasteiger partial charge on any atom is -0.342 e. The summed E-state index contributed by atoms with van der Waals surface area (Å²) in [5.41, 5.74) is 3.51. The van der Waals surface area contributed by atoms with Crippen LogP contribution < -0.4 is 0 Å². The highest BCUT2D eigenvalue weighted by atomic mass is 19.1. The molecule has 6 heteroatoms. The van der Waals surface area contributed by atoms with Crippen molar-refractivity contribution in [2.75, 3.05) is 19.6 Å². The van der Waals surface area contributed by atoms with Crippen LogP contribution in [0.15, 0.2) is 30.5 Å². The topological polar surface area (TPSA) is 49.3 Å². The maximum absolute atomic E-state index is 13.1. The fourth-order valence-corrected chi connectivity index (χ4v) is 4.49. The second kappa shape index (κ2) is 8.57. The molecule has 0 unspecified atom stereocenters. The van der Waals surface area contributed by atoms with Gasteiger partial charge in [-0.05, 0) is 43.9 Å². The third-order valence-corrected chi connectivity index (χ3v) is 6.28. The van der Waals surface area contributed by atoms with Gasteiger partial charge in [-0.25, -0.2) is 14.4 Å². The van der Waals surface area contributed by atoms with E-state index in [0.717, 1.165) is 68.9 Å². The van der Waals surface area contributed by atoms with Gasteiger partial charge >= 0.3 is 0 Å². The van der Waals surface area contributed by atoms with Crippen molar-refractivity contribution >= 4 is 5.91 Å². The van der Waals surface area contributed by atoms with E-state index in [1.165, 1.54) is 17.7 Å². The number of nitrogens with zero attached hydrogens (tertiary/aromatic N) is 4. The first-order valence-electron chi connectivity index (χ1n) is 10.6. The Labute approximate surface area is 172 Å². The highest BCUT2D eigenvalue weighted by molar-refractivity contribution is 5.73. The molecule has 0 radical (unpaired) electrons. The van der Waals surface area contributed by atoms with Crippen molar-refractivity contribution in [3.05, 3.63) is 58.9 Å². The standard InChI is InChI=1S/C23H29FN4O/c1-16(12-18-5-7-21(24)8-6-18)27-11-9-22-20(15-27)13-25-23(26-22)19-4-3-10-28(14-19)17(2)29/h5-8,13,16,19H,3-4,9-12,14-15H2,1-2H3/t16-,19-/m0/s1. The van der Waals surface area contributed by atoms with E-state index in [1.54, 1.807) is 6.92 Å². The molecule has 5 nitrogen and oxygen atoms in total. The van der Waals surface area contributed by atoms with Gasteiger partial charge in [0.2, 0.25) is 5.91 Å². The van der Waals surface area contributed by atoms with Crippen molar-refractivity contribution in [2.24, 2.45) is 0 Å². The number of carbonyl (C=O) groups is 1. The second-order valence-electron chi connectivity index (χ2n) is 8.40. The molecule has 1 amide bonds. The smallest absolute Gasteiger partial charge is 0.219 e. The SMILES string of the molecule is CC(=O)N1CCC[C@H](c2ncc3c(n2)CCN([C@@H](C)Cc2ccc(F)cc2)C3)C1. The first-order valence-corrected chi connectivity index (χ1v) is 10.6. The monoisotopic (exact) mass is 396 g/mol. The van der Waals surface area contributed by atoms with Crippen LogP contribution in [0.5, 0.6) is 0 Å². The largest absolute Gasteiger partial charge is 0.342 e. The van der Waals surface area contributed by atoms with Crippen LogP contribution in [0.25, 0.3) is 0 Å². The molecule has 2 atom stereocenters. The summed E-state index contributed by atoms with van der Waals surface area (Å²) in [7, 11) is 0. The van der Waals surface area contributed by atoms with Crippen molar-refractivity contribution in [3.8, 4) is 0 Å². The summed E-state index contributed by atoms with van der Waals surface area (Å²) in [6, 6.07) is 7.17. The number of fused-ring (bicyclic) bond motifs is 1. The van der Waals surface area contributed by atoms with E-state index in [2.05, 4.69) is 16.8 Å². The molecule has 3 heterocycles. The van der Waals surface area contributed by atoms with Crippen LogP contribution in [0.3, 0.4) is 0 Å². The molecule has 154 valence electrons. The summed E-state index contributed by atoms with van der Waals surface area (Å²) >= 11 is 0. The molecule has 0 N–H and O–H groups in total. The lowest BCUT2D eigenvalue weighted by molar-refractivity contribution is -0.130. The van der Waals surface area contributed by atoms with Crippen LogP contribution in [-0.2, 0) is 24.2 Å². The summed E-state index contributed by atoms with van der Waals surface area (Å²) in [6.45, 7) is 7.25. The summed E-state index contributed by atoms with van der Waals surface area (Å²) in [6.07, 6.45) is 5.86. The quantitative estimate of drug-likeness (QED) is 0.795. The van der Waals surface area contributed by atoms with Gasteiger partial charge in [0.15, 0.2) is 0 Å². The van der Waals surface area contributed by atoms with Gasteiger partial charge in [-0.1, -0.05) is 12.1 Å². The summed E-state index contributed by atoms with van der Waals surface area (Å²) in [5, 5.41) is 0. The first-order chi connectivity index (χ1) is 14.0. The minimum atomic E-state index is -0.189. The zero-order chi connectivity index (χ0) is 20.4. The molecule has 0 bridgehead atoms. The van der Waals surface area contributed by atoms with Crippen molar-refractivity contribution in [1.82, 2.24) is 19.8 Å². The molecular formula is C23H29FN4O. The summed E-state index contributed by atoms with van der Waals surface area (Å²) in [4.78, 5) is 25.7. The fraction of sp³-hybridized carbons (Fsp3) is 0.522. The molecule has 0 saturated carbocycles. The molecular weight excluding hydrogens is 367 g/mol. The zero-order valence-electron chi connectivity index (χ0n) is 17.3. The molecule has 1 aromatic carbocycles. The zero-order valence-corrected chi connectivity index (χ0v) is 17.3. The van der Waals surface area contributed by atoms with Crippen LogP contribution in [-0.4, -0.2) is 51.4 Å². The second-order valence-corrected chi connectivity index (χ2v) is 8.40. The fourth-order valence-electron chi connectivity index (χ4n) is 4.49. The van der Waals surface area contributed by atoms with Crippen molar-refractivity contribution < 1.29 is 9.18 Å². The van der Waals surface area contributed by atoms with E-state index in [4.69, 9.17) is 4.98 Å². The average Bonchev–Trinajstić information content (AvgIpc) is 2.74. The van der Waals surface area contributed by atoms with E-state index < -0.39 is 0 Å². The van der Waals surface area contributed by atoms with E-state index >= 15 is 0 Å². The van der Waals surface area contributed by atoms with Crippen LogP contribution >= 0.6 is 0 Å². The first kappa shape index (κ1) is 20.0. The highest BCUT2D eigenvalue weighted by Gasteiger charge is 2.27. The summed E-state index contributed by atoms with van der Waals surface area (Å²) < 4.78 is 13.1. The minimum absolute atomic E-state index is 0.137. The summed E-state index contributed by atoms with van der Waals surface area (Å²) in [5.74, 6) is 1.08. The molecule has 0 spiro atoms. The Morgan fingerprint density at radius 1 is 1.28 bits per heavy atom. The molecule has 1 fully saturated rings. The Morgan fingerprint density at radius 3 is 2.83 bits per heavy atom. The molecule has 29 heavy (non-hydrogen) atoms. The van der Waals surface area contributed by atoms with Gasteiger partial charge < -0.3 is 4.90 Å². The number of piperidine rings is 1. The van der Waals surface area contributed by atoms with E-state index in [0.29, 0.717) is 6.04 Å². The van der Waals surface area contributed by atoms with Gasteiger partial charge in [-0.3, -0.25) is 9.69 Å². The Bertz CT molecular complexity index is 870. The normalized spacial score (nSPS) is 20.9. The van der Waals surface area contributed by atoms with E-state index in [1.807, 2.05) is 23.2 Å². The lowest BCUT2D eigenvalue weighted by Crippen LogP contribution is -2.40. The number of rotatable bonds is 4. The van der Waals surface area contributed by atoms with Crippen molar-refractivity contribution in [1.29, 1.82) is 0 Å². The maximum Gasteiger partial charge on any atom is 0.219 e. The number of halogens is 1. The average molecular weight is 397 g/mol. The number of carbonyl (C=O) groups excluding carboxylic acids is 1. The lowest BCUT2D eigenvalue weighted by atomic mass is 9.96. The Kier molecular flexibility index (Phi) is 5.90. The molecule has 0 aliphatic carbocycles. The lowest BCUT2D eigenvalue weighted by Gasteiger charge is -2.34. The van der Waals surface area contributed by atoms with Crippen LogP contribution in [0.1, 0.15) is 55.3 Å². The number of benzene rings is 1. The van der Waals surface area contributed by atoms with Gasteiger partial charge in [-0.2, -0.15) is 0 Å². The van der Waals surface area contributed by atoms with Gasteiger partial charge in [0.05, 0.1) is 0 Å². The number of amides is 1. The third kappa shape index (κ3) is 4.64. The van der Waals surface area contributed by atoms with Crippen molar-refractivity contribution in [3.63, 3.8) is 0 Å². The molecule has 2 aliphatic rings. The Balaban J connectivity index is 1.41. The van der Waals surface area contributed by atoms with Crippen LogP contribution in [0, 0.1) is 5.82 Å². The van der Waals surface area contributed by atoms with E-state index in [9.17, 15) is 9.18 Å². The molecule has 1 aromatic heterocycles. The molecule has 1 saturated heterocycles.